The minimum absolute atomic E-state index is 0.458. The Bertz CT molecular complexity index is 609. The van der Waals surface area contributed by atoms with E-state index in [-0.39, 0.29) is 0 Å². The lowest BCUT2D eigenvalue weighted by Crippen LogP contribution is -2.22. The van der Waals surface area contributed by atoms with Crippen LogP contribution >= 0.6 is 27.7 Å². The molecule has 0 spiro atoms. The Morgan fingerprint density at radius 1 is 1.14 bits per heavy atom. The first-order valence-electron chi connectivity index (χ1n) is 6.96. The van der Waals surface area contributed by atoms with E-state index in [0.717, 1.165) is 27.6 Å². The van der Waals surface area contributed by atoms with E-state index in [1.165, 1.54) is 10.5 Å². The fourth-order valence-corrected chi connectivity index (χ4v) is 3.32. The third-order valence-corrected chi connectivity index (χ3v) is 4.36. The third-order valence-electron chi connectivity index (χ3n) is 2.89. The summed E-state index contributed by atoms with van der Waals surface area (Å²) in [5.41, 5.74) is 3.26. The van der Waals surface area contributed by atoms with Crippen LogP contribution < -0.4 is 5.32 Å². The van der Waals surface area contributed by atoms with Crippen molar-refractivity contribution in [3.8, 4) is 0 Å². The molecule has 0 aliphatic rings. The standard InChI is InChI=1S/C16H20BrN3S/c1-10(2)18-9-13-8-14(17)5-6-15(13)21-16-19-11(3)7-12(4)20-16/h5-8,10,18H,9H2,1-4H3. The number of rotatable bonds is 5. The van der Waals surface area contributed by atoms with E-state index in [4.69, 9.17) is 0 Å². The van der Waals surface area contributed by atoms with E-state index in [9.17, 15) is 0 Å². The van der Waals surface area contributed by atoms with Gasteiger partial charge in [0, 0.05) is 33.3 Å². The lowest BCUT2D eigenvalue weighted by atomic mass is 10.2. The second kappa shape index (κ2) is 7.38. The molecule has 0 aliphatic carbocycles. The third kappa shape index (κ3) is 5.09. The largest absolute Gasteiger partial charge is 0.310 e. The van der Waals surface area contributed by atoms with E-state index in [1.807, 2.05) is 19.9 Å². The van der Waals surface area contributed by atoms with Crippen molar-refractivity contribution in [2.45, 2.75) is 50.3 Å². The number of hydrogen-bond acceptors (Lipinski definition) is 4. The first-order chi connectivity index (χ1) is 9.94. The van der Waals surface area contributed by atoms with Crippen molar-refractivity contribution < 1.29 is 0 Å². The first kappa shape index (κ1) is 16.5. The quantitative estimate of drug-likeness (QED) is 0.791. The van der Waals surface area contributed by atoms with Gasteiger partial charge in [-0.05, 0) is 55.4 Å². The highest BCUT2D eigenvalue weighted by molar-refractivity contribution is 9.10. The maximum atomic E-state index is 4.51. The lowest BCUT2D eigenvalue weighted by molar-refractivity contribution is 0.584. The fourth-order valence-electron chi connectivity index (χ4n) is 1.94. The maximum Gasteiger partial charge on any atom is 0.192 e. The molecular weight excluding hydrogens is 346 g/mol. The molecule has 2 rings (SSSR count). The van der Waals surface area contributed by atoms with Gasteiger partial charge in [-0.15, -0.1) is 0 Å². The van der Waals surface area contributed by atoms with Crippen LogP contribution in [0.3, 0.4) is 0 Å². The number of nitrogens with one attached hydrogen (secondary N) is 1. The van der Waals surface area contributed by atoms with Crippen LogP contribution in [0.1, 0.15) is 30.8 Å². The van der Waals surface area contributed by atoms with E-state index in [1.54, 1.807) is 11.8 Å². The smallest absolute Gasteiger partial charge is 0.192 e. The Kier molecular flexibility index (Phi) is 5.79. The molecule has 0 saturated carbocycles. The van der Waals surface area contributed by atoms with Gasteiger partial charge in [0.05, 0.1) is 0 Å². The average molecular weight is 366 g/mol. The van der Waals surface area contributed by atoms with Gasteiger partial charge in [-0.1, -0.05) is 29.8 Å². The number of aromatic nitrogens is 2. The zero-order valence-corrected chi connectivity index (χ0v) is 15.2. The molecule has 1 aromatic heterocycles. The summed E-state index contributed by atoms with van der Waals surface area (Å²) >= 11 is 5.16. The number of hydrogen-bond donors (Lipinski definition) is 1. The Labute approximate surface area is 139 Å². The highest BCUT2D eigenvalue weighted by atomic mass is 79.9. The maximum absolute atomic E-state index is 4.51. The number of nitrogens with zero attached hydrogens (tertiary/aromatic N) is 2. The number of aryl methyl sites for hydroxylation is 2. The SMILES string of the molecule is Cc1cc(C)nc(Sc2ccc(Br)cc2CNC(C)C)n1. The predicted octanol–water partition coefficient (Wildman–Crippen LogP) is 4.51. The van der Waals surface area contributed by atoms with E-state index in [2.05, 4.69) is 63.3 Å². The van der Waals surface area contributed by atoms with E-state index < -0.39 is 0 Å². The lowest BCUT2D eigenvalue weighted by Gasteiger charge is -2.12. The summed E-state index contributed by atoms with van der Waals surface area (Å²) in [6, 6.07) is 8.78. The molecular formula is C16H20BrN3S. The Morgan fingerprint density at radius 2 is 1.81 bits per heavy atom. The summed E-state index contributed by atoms with van der Waals surface area (Å²) in [7, 11) is 0. The number of benzene rings is 1. The van der Waals surface area contributed by atoms with Crippen molar-refractivity contribution in [1.82, 2.24) is 15.3 Å². The summed E-state index contributed by atoms with van der Waals surface area (Å²) in [5, 5.41) is 4.27. The molecule has 2 aromatic rings. The summed E-state index contributed by atoms with van der Waals surface area (Å²) in [5.74, 6) is 0. The molecule has 0 saturated heterocycles. The van der Waals surface area contributed by atoms with E-state index >= 15 is 0 Å². The molecule has 0 unspecified atom stereocenters. The van der Waals surface area contributed by atoms with Gasteiger partial charge >= 0.3 is 0 Å². The molecule has 0 radical (unpaired) electrons. The molecule has 0 fully saturated rings. The van der Waals surface area contributed by atoms with E-state index in [0.29, 0.717) is 6.04 Å². The molecule has 1 aromatic carbocycles. The van der Waals surface area contributed by atoms with Gasteiger partial charge in [-0.3, -0.25) is 0 Å². The van der Waals surface area contributed by atoms with Gasteiger partial charge in [0.15, 0.2) is 5.16 Å². The molecule has 0 amide bonds. The molecule has 0 bridgehead atoms. The molecule has 1 N–H and O–H groups in total. The first-order valence-corrected chi connectivity index (χ1v) is 8.57. The van der Waals surface area contributed by atoms with Crippen molar-refractivity contribution in [3.05, 3.63) is 45.7 Å². The van der Waals surface area contributed by atoms with Crippen LogP contribution in [0.15, 0.2) is 38.8 Å². The molecule has 112 valence electrons. The van der Waals surface area contributed by atoms with Crippen LogP contribution in [0.25, 0.3) is 0 Å². The molecule has 21 heavy (non-hydrogen) atoms. The van der Waals surface area contributed by atoms with Crippen LogP contribution in [0.2, 0.25) is 0 Å². The highest BCUT2D eigenvalue weighted by Crippen LogP contribution is 2.30. The monoisotopic (exact) mass is 365 g/mol. The van der Waals surface area contributed by atoms with Crippen molar-refractivity contribution in [1.29, 1.82) is 0 Å². The van der Waals surface area contributed by atoms with Crippen LogP contribution in [0.5, 0.6) is 0 Å². The number of halogens is 1. The van der Waals surface area contributed by atoms with Crippen LogP contribution in [-0.2, 0) is 6.54 Å². The van der Waals surface area contributed by atoms with Gasteiger partial charge in [-0.25, -0.2) is 9.97 Å². The second-order valence-corrected chi connectivity index (χ2v) is 7.25. The average Bonchev–Trinajstić information content (AvgIpc) is 2.37. The van der Waals surface area contributed by atoms with Crippen molar-refractivity contribution in [2.75, 3.05) is 0 Å². The fraction of sp³-hybridized carbons (Fsp3) is 0.375. The van der Waals surface area contributed by atoms with Crippen molar-refractivity contribution in [2.24, 2.45) is 0 Å². The van der Waals surface area contributed by atoms with Gasteiger partial charge < -0.3 is 5.32 Å². The van der Waals surface area contributed by atoms with Gasteiger partial charge in [0.2, 0.25) is 0 Å². The minimum Gasteiger partial charge on any atom is -0.310 e. The molecule has 1 heterocycles. The van der Waals surface area contributed by atoms with Crippen molar-refractivity contribution in [3.63, 3.8) is 0 Å². The molecule has 0 atom stereocenters. The Balaban J connectivity index is 2.25. The van der Waals surface area contributed by atoms with Gasteiger partial charge in [0.1, 0.15) is 0 Å². The molecule has 3 nitrogen and oxygen atoms in total. The van der Waals surface area contributed by atoms with Gasteiger partial charge in [0.25, 0.3) is 0 Å². The Morgan fingerprint density at radius 3 is 2.43 bits per heavy atom. The highest BCUT2D eigenvalue weighted by Gasteiger charge is 2.09. The zero-order chi connectivity index (χ0) is 15.4. The zero-order valence-electron chi connectivity index (χ0n) is 12.8. The van der Waals surface area contributed by atoms with Crippen LogP contribution in [0, 0.1) is 13.8 Å². The normalized spacial score (nSPS) is 11.1. The summed E-state index contributed by atoms with van der Waals surface area (Å²) in [4.78, 5) is 10.2. The van der Waals surface area contributed by atoms with Crippen LogP contribution in [-0.4, -0.2) is 16.0 Å². The predicted molar refractivity (Wildman–Crippen MR) is 91.7 cm³/mol. The summed E-state index contributed by atoms with van der Waals surface area (Å²) < 4.78 is 1.09. The minimum atomic E-state index is 0.458. The van der Waals surface area contributed by atoms with Crippen LogP contribution in [0.4, 0.5) is 0 Å². The summed E-state index contributed by atoms with van der Waals surface area (Å²) in [6.07, 6.45) is 0. The Hall–Kier alpha value is -0.910. The second-order valence-electron chi connectivity index (χ2n) is 5.32. The van der Waals surface area contributed by atoms with Crippen molar-refractivity contribution >= 4 is 27.7 Å². The molecule has 5 heteroatoms. The molecule has 0 aliphatic heterocycles. The van der Waals surface area contributed by atoms with Gasteiger partial charge in [-0.2, -0.15) is 0 Å². The topological polar surface area (TPSA) is 37.8 Å². The summed E-state index contributed by atoms with van der Waals surface area (Å²) in [6.45, 7) is 9.14.